The number of ether oxygens (including phenoxy) is 1. The highest BCUT2D eigenvalue weighted by molar-refractivity contribution is 8.25. The van der Waals surface area contributed by atoms with Gasteiger partial charge >= 0.3 is 5.97 Å². The minimum atomic E-state index is -0.205. The van der Waals surface area contributed by atoms with Crippen LogP contribution in [0.1, 0.15) is 11.0 Å². The highest BCUT2D eigenvalue weighted by Crippen LogP contribution is 2.41. The van der Waals surface area contributed by atoms with Crippen molar-refractivity contribution in [1.82, 2.24) is 0 Å². The molecule has 2 nitrogen and oxygen atoms in total. The Bertz CT molecular complexity index is 480. The molecule has 17 heavy (non-hydrogen) atoms. The molecule has 5 heteroatoms. The lowest BCUT2D eigenvalue weighted by atomic mass is 10.1. The Morgan fingerprint density at radius 3 is 2.76 bits per heavy atom. The third kappa shape index (κ3) is 2.32. The molecule has 2 aliphatic rings. The molecule has 0 bridgehead atoms. The first-order valence-corrected chi connectivity index (χ1v) is 8.12. The zero-order chi connectivity index (χ0) is 11.7. The monoisotopic (exact) mass is 282 g/mol. The molecule has 1 atom stereocenters. The zero-order valence-electron chi connectivity index (χ0n) is 8.92. The molecule has 0 saturated carbocycles. The second kappa shape index (κ2) is 4.92. The first-order chi connectivity index (χ1) is 8.34. The van der Waals surface area contributed by atoms with Crippen LogP contribution in [0.5, 0.6) is 0 Å². The molecule has 0 radical (unpaired) electrons. The van der Waals surface area contributed by atoms with E-state index >= 15 is 0 Å². The maximum atomic E-state index is 11.9. The molecular weight excluding hydrogens is 272 g/mol. The Morgan fingerprint density at radius 1 is 1.29 bits per heavy atom. The van der Waals surface area contributed by atoms with E-state index in [0.717, 1.165) is 26.2 Å². The lowest BCUT2D eigenvalue weighted by Crippen LogP contribution is -2.15. The van der Waals surface area contributed by atoms with E-state index in [-0.39, 0.29) is 12.1 Å². The number of thioether (sulfide) groups is 2. The number of cyclic esters (lactones) is 1. The van der Waals surface area contributed by atoms with Gasteiger partial charge in [0.1, 0.15) is 0 Å². The summed E-state index contributed by atoms with van der Waals surface area (Å²) in [6.45, 7) is 0. The third-order valence-corrected chi connectivity index (χ3v) is 6.16. The first-order valence-electron chi connectivity index (χ1n) is 5.27. The van der Waals surface area contributed by atoms with Gasteiger partial charge in [-0.05, 0) is 23.6 Å². The van der Waals surface area contributed by atoms with Crippen LogP contribution in [0.2, 0.25) is 0 Å². The van der Waals surface area contributed by atoms with Crippen molar-refractivity contribution < 1.29 is 9.53 Å². The summed E-state index contributed by atoms with van der Waals surface area (Å²) in [6.07, 6.45) is 3.68. The van der Waals surface area contributed by atoms with Gasteiger partial charge in [0.15, 0.2) is 6.10 Å². The van der Waals surface area contributed by atoms with Crippen LogP contribution in [-0.2, 0) is 9.53 Å². The van der Waals surface area contributed by atoms with Crippen LogP contribution in [0, 0.1) is 0 Å². The predicted molar refractivity (Wildman–Crippen MR) is 74.2 cm³/mol. The molecule has 0 amide bonds. The predicted octanol–water partition coefficient (Wildman–Crippen LogP) is 3.59. The molecule has 1 aromatic rings. The van der Waals surface area contributed by atoms with E-state index in [1.165, 1.54) is 0 Å². The van der Waals surface area contributed by atoms with Crippen molar-refractivity contribution >= 4 is 40.8 Å². The molecule has 1 fully saturated rings. The summed E-state index contributed by atoms with van der Waals surface area (Å²) in [5.74, 6) is 1.97. The number of carbonyl (C=O) groups is 1. The SMILES string of the molecule is O=C1OC(c2cccs2)C=CC1=C1SCCS1. The number of rotatable bonds is 1. The third-order valence-electron chi connectivity index (χ3n) is 2.48. The maximum Gasteiger partial charge on any atom is 0.340 e. The van der Waals surface area contributed by atoms with Crippen LogP contribution >= 0.6 is 34.9 Å². The van der Waals surface area contributed by atoms with Gasteiger partial charge in [0.2, 0.25) is 0 Å². The summed E-state index contributed by atoms with van der Waals surface area (Å²) in [5.41, 5.74) is 0.727. The Balaban J connectivity index is 1.87. The van der Waals surface area contributed by atoms with Crippen LogP contribution < -0.4 is 0 Å². The summed E-state index contributed by atoms with van der Waals surface area (Å²) in [4.78, 5) is 13.0. The van der Waals surface area contributed by atoms with Gasteiger partial charge in [0.05, 0.1) is 9.81 Å². The average Bonchev–Trinajstić information content (AvgIpc) is 3.02. The fraction of sp³-hybridized carbons (Fsp3) is 0.250. The quantitative estimate of drug-likeness (QED) is 0.581. The second-order valence-corrected chi connectivity index (χ2v) is 7.05. The number of carbonyl (C=O) groups excluding carboxylic acids is 1. The van der Waals surface area contributed by atoms with Gasteiger partial charge in [0.25, 0.3) is 0 Å². The van der Waals surface area contributed by atoms with Gasteiger partial charge in [-0.2, -0.15) is 0 Å². The highest BCUT2D eigenvalue weighted by Gasteiger charge is 2.26. The number of esters is 1. The minimum absolute atomic E-state index is 0.192. The number of thiophene rings is 1. The Kier molecular flexibility index (Phi) is 3.31. The van der Waals surface area contributed by atoms with Crippen molar-refractivity contribution in [2.75, 3.05) is 11.5 Å². The maximum absolute atomic E-state index is 11.9. The molecule has 88 valence electrons. The Morgan fingerprint density at radius 2 is 2.12 bits per heavy atom. The van der Waals surface area contributed by atoms with Crippen LogP contribution in [0.4, 0.5) is 0 Å². The van der Waals surface area contributed by atoms with Gasteiger partial charge in [-0.1, -0.05) is 6.07 Å². The van der Waals surface area contributed by atoms with E-state index in [1.807, 2.05) is 29.7 Å². The van der Waals surface area contributed by atoms with E-state index < -0.39 is 0 Å². The van der Waals surface area contributed by atoms with Crippen LogP contribution in [-0.4, -0.2) is 17.5 Å². The Hall–Kier alpha value is -0.650. The molecule has 1 saturated heterocycles. The van der Waals surface area contributed by atoms with Crippen molar-refractivity contribution in [3.63, 3.8) is 0 Å². The molecule has 3 rings (SSSR count). The molecule has 2 aliphatic heterocycles. The fourth-order valence-corrected chi connectivity index (χ4v) is 4.91. The lowest BCUT2D eigenvalue weighted by molar-refractivity contribution is -0.142. The van der Waals surface area contributed by atoms with Gasteiger partial charge in [-0.15, -0.1) is 34.9 Å². The van der Waals surface area contributed by atoms with Gasteiger partial charge in [-0.25, -0.2) is 4.79 Å². The van der Waals surface area contributed by atoms with Crippen molar-refractivity contribution in [2.45, 2.75) is 6.10 Å². The van der Waals surface area contributed by atoms with E-state index in [1.54, 1.807) is 34.9 Å². The van der Waals surface area contributed by atoms with Gasteiger partial charge in [-0.3, -0.25) is 0 Å². The second-order valence-electron chi connectivity index (χ2n) is 3.60. The van der Waals surface area contributed by atoms with Crippen LogP contribution in [0.3, 0.4) is 0 Å². The normalized spacial score (nSPS) is 24.2. The summed E-state index contributed by atoms with van der Waals surface area (Å²) < 4.78 is 6.56. The van der Waals surface area contributed by atoms with E-state index in [0.29, 0.717) is 0 Å². The standard InChI is InChI=1S/C12H10O2S3/c13-11-8(12-16-6-7-17-12)3-4-9(14-11)10-2-1-5-15-10/h1-5,9H,6-7H2. The van der Waals surface area contributed by atoms with Crippen LogP contribution in [0.15, 0.2) is 39.5 Å². The van der Waals surface area contributed by atoms with Crippen molar-refractivity contribution in [3.05, 3.63) is 44.4 Å². The van der Waals surface area contributed by atoms with Gasteiger partial charge < -0.3 is 4.74 Å². The van der Waals surface area contributed by atoms with Gasteiger partial charge in [0, 0.05) is 16.4 Å². The molecule has 0 aromatic carbocycles. The number of hydrogen-bond donors (Lipinski definition) is 0. The van der Waals surface area contributed by atoms with Crippen molar-refractivity contribution in [3.8, 4) is 0 Å². The van der Waals surface area contributed by atoms with Crippen molar-refractivity contribution in [2.24, 2.45) is 0 Å². The topological polar surface area (TPSA) is 26.3 Å². The molecular formula is C12H10O2S3. The smallest absolute Gasteiger partial charge is 0.340 e. The zero-order valence-corrected chi connectivity index (χ0v) is 11.4. The average molecular weight is 282 g/mol. The summed E-state index contributed by atoms with van der Waals surface area (Å²) in [6, 6.07) is 3.96. The molecule has 1 aromatic heterocycles. The molecule has 0 N–H and O–H groups in total. The summed E-state index contributed by atoms with van der Waals surface area (Å²) >= 11 is 5.10. The minimum Gasteiger partial charge on any atom is -0.449 e. The summed E-state index contributed by atoms with van der Waals surface area (Å²) in [7, 11) is 0. The largest absolute Gasteiger partial charge is 0.449 e. The molecule has 1 unspecified atom stereocenters. The van der Waals surface area contributed by atoms with E-state index in [2.05, 4.69) is 0 Å². The fourth-order valence-electron chi connectivity index (χ4n) is 1.69. The Labute approximate surface area is 112 Å². The number of hydrogen-bond acceptors (Lipinski definition) is 5. The van der Waals surface area contributed by atoms with Crippen LogP contribution in [0.25, 0.3) is 0 Å². The van der Waals surface area contributed by atoms with E-state index in [9.17, 15) is 4.79 Å². The first kappa shape index (κ1) is 11.4. The van der Waals surface area contributed by atoms with E-state index in [4.69, 9.17) is 4.74 Å². The lowest BCUT2D eigenvalue weighted by Gasteiger charge is -2.18. The highest BCUT2D eigenvalue weighted by atomic mass is 32.2. The summed E-state index contributed by atoms with van der Waals surface area (Å²) in [5, 5.41) is 1.99. The molecule has 0 aliphatic carbocycles. The molecule has 3 heterocycles. The molecule has 0 spiro atoms. The van der Waals surface area contributed by atoms with Crippen molar-refractivity contribution in [1.29, 1.82) is 0 Å².